The van der Waals surface area contributed by atoms with Crippen molar-refractivity contribution in [1.82, 2.24) is 4.90 Å². The molecular formula is C12H12ClN2O2S+. The van der Waals surface area contributed by atoms with Crippen molar-refractivity contribution in [3.05, 3.63) is 39.8 Å². The maximum absolute atomic E-state index is 11.9. The highest BCUT2D eigenvalue weighted by molar-refractivity contribution is 8.18. The number of thioether (sulfide) groups is 1. The molecule has 1 saturated heterocycles. The quantitative estimate of drug-likeness (QED) is 0.857. The van der Waals surface area contributed by atoms with E-state index >= 15 is 0 Å². The third kappa shape index (κ3) is 2.75. The van der Waals surface area contributed by atoms with Crippen LogP contribution in [0.3, 0.4) is 0 Å². The van der Waals surface area contributed by atoms with Crippen molar-refractivity contribution in [3.63, 3.8) is 0 Å². The molecule has 1 aliphatic heterocycles. The van der Waals surface area contributed by atoms with Crippen molar-refractivity contribution < 1.29 is 15.3 Å². The fourth-order valence-corrected chi connectivity index (χ4v) is 2.55. The summed E-state index contributed by atoms with van der Waals surface area (Å²) < 4.78 is 0. The lowest BCUT2D eigenvalue weighted by molar-refractivity contribution is -0.367. The Balaban J connectivity index is 2.22. The van der Waals surface area contributed by atoms with Crippen LogP contribution in [-0.4, -0.2) is 29.1 Å². The van der Waals surface area contributed by atoms with Crippen LogP contribution in [0.25, 0.3) is 6.08 Å². The molecule has 1 aromatic rings. The summed E-state index contributed by atoms with van der Waals surface area (Å²) in [7, 11) is 0. The first-order chi connectivity index (χ1) is 8.61. The summed E-state index contributed by atoms with van der Waals surface area (Å²) in [4.78, 5) is 25.2. The van der Waals surface area contributed by atoms with Gasteiger partial charge in [-0.05, 0) is 35.5 Å². The number of carbonyl (C=O) groups is 2. The molecule has 6 heteroatoms. The molecule has 2 rings (SSSR count). The zero-order valence-electron chi connectivity index (χ0n) is 9.56. The summed E-state index contributed by atoms with van der Waals surface area (Å²) in [5, 5.41) is 0.404. The van der Waals surface area contributed by atoms with Gasteiger partial charge in [-0.25, -0.2) is 0 Å². The number of carbonyl (C=O) groups excluding carboxylic acids is 2. The molecule has 1 heterocycles. The summed E-state index contributed by atoms with van der Waals surface area (Å²) in [5.74, 6) is -0.247. The third-order valence-corrected chi connectivity index (χ3v) is 3.58. The fourth-order valence-electron chi connectivity index (χ4n) is 1.56. The van der Waals surface area contributed by atoms with E-state index in [9.17, 15) is 9.59 Å². The Morgan fingerprint density at radius 2 is 1.94 bits per heavy atom. The Bertz CT molecular complexity index is 513. The largest absolute Gasteiger partial charge is 0.356 e. The number of nitrogens with zero attached hydrogens (tertiary/aromatic N) is 1. The van der Waals surface area contributed by atoms with Gasteiger partial charge in [0.15, 0.2) is 0 Å². The Kier molecular flexibility index (Phi) is 4.06. The van der Waals surface area contributed by atoms with E-state index in [-0.39, 0.29) is 11.1 Å². The second-order valence-electron chi connectivity index (χ2n) is 3.74. The molecule has 18 heavy (non-hydrogen) atoms. The van der Waals surface area contributed by atoms with Crippen LogP contribution in [0, 0.1) is 0 Å². The van der Waals surface area contributed by atoms with Gasteiger partial charge in [0.05, 0.1) is 18.0 Å². The van der Waals surface area contributed by atoms with Crippen LogP contribution < -0.4 is 5.73 Å². The second-order valence-corrected chi connectivity index (χ2v) is 5.17. The van der Waals surface area contributed by atoms with Crippen molar-refractivity contribution in [2.45, 2.75) is 0 Å². The van der Waals surface area contributed by atoms with Gasteiger partial charge < -0.3 is 5.73 Å². The number of quaternary nitrogens is 1. The molecule has 0 saturated carbocycles. The molecule has 0 radical (unpaired) electrons. The predicted molar refractivity (Wildman–Crippen MR) is 71.9 cm³/mol. The molecule has 1 fully saturated rings. The first kappa shape index (κ1) is 13.1. The highest BCUT2D eigenvalue weighted by Gasteiger charge is 2.34. The van der Waals surface area contributed by atoms with Gasteiger partial charge in [0, 0.05) is 5.02 Å². The van der Waals surface area contributed by atoms with Gasteiger partial charge in [0.2, 0.25) is 0 Å². The van der Waals surface area contributed by atoms with Crippen LogP contribution in [0.2, 0.25) is 5.02 Å². The summed E-state index contributed by atoms with van der Waals surface area (Å²) in [6, 6.07) is 7.09. The summed E-state index contributed by atoms with van der Waals surface area (Å²) >= 11 is 6.74. The number of hydrogen-bond donors (Lipinski definition) is 1. The summed E-state index contributed by atoms with van der Waals surface area (Å²) in [5.41, 5.74) is 4.49. The minimum Gasteiger partial charge on any atom is -0.356 e. The molecule has 3 N–H and O–H groups in total. The minimum atomic E-state index is -0.247. The van der Waals surface area contributed by atoms with Crippen LogP contribution in [0.15, 0.2) is 29.2 Å². The second kappa shape index (κ2) is 5.56. The standard InChI is InChI=1S/C12H11ClN2O2S/c13-9-3-1-8(2-4-9)7-10-11(16)15(6-5-14)12(17)18-10/h1-4,7H,5-6,14H2/p+1/b10-7-. The van der Waals surface area contributed by atoms with E-state index in [0.29, 0.717) is 23.0 Å². The number of amides is 2. The number of halogens is 1. The van der Waals surface area contributed by atoms with E-state index in [4.69, 9.17) is 11.6 Å². The van der Waals surface area contributed by atoms with E-state index in [2.05, 4.69) is 5.73 Å². The maximum Gasteiger partial charge on any atom is 0.293 e. The van der Waals surface area contributed by atoms with Gasteiger partial charge in [0.1, 0.15) is 0 Å². The summed E-state index contributed by atoms with van der Waals surface area (Å²) in [6.45, 7) is 0.884. The molecular weight excluding hydrogens is 272 g/mol. The maximum atomic E-state index is 11.9. The van der Waals surface area contributed by atoms with E-state index in [1.54, 1.807) is 30.3 Å². The topological polar surface area (TPSA) is 65.0 Å². The van der Waals surface area contributed by atoms with Gasteiger partial charge >= 0.3 is 0 Å². The highest BCUT2D eigenvalue weighted by Crippen LogP contribution is 2.31. The van der Waals surface area contributed by atoms with Crippen LogP contribution >= 0.6 is 23.4 Å². The van der Waals surface area contributed by atoms with Crippen LogP contribution in [0.4, 0.5) is 4.79 Å². The van der Waals surface area contributed by atoms with Gasteiger partial charge in [-0.3, -0.25) is 14.5 Å². The van der Waals surface area contributed by atoms with E-state index in [0.717, 1.165) is 17.3 Å². The molecule has 0 aliphatic carbocycles. The van der Waals surface area contributed by atoms with Gasteiger partial charge in [0.25, 0.3) is 11.1 Å². The zero-order valence-corrected chi connectivity index (χ0v) is 11.1. The number of imide groups is 1. The molecule has 94 valence electrons. The van der Waals surface area contributed by atoms with Crippen molar-refractivity contribution in [3.8, 4) is 0 Å². The Labute approximate surface area is 114 Å². The molecule has 4 nitrogen and oxygen atoms in total. The fraction of sp³-hybridized carbons (Fsp3) is 0.167. The number of hydrogen-bond acceptors (Lipinski definition) is 3. The highest BCUT2D eigenvalue weighted by atomic mass is 35.5. The monoisotopic (exact) mass is 283 g/mol. The minimum absolute atomic E-state index is 0.233. The lowest BCUT2D eigenvalue weighted by Crippen LogP contribution is -2.55. The van der Waals surface area contributed by atoms with E-state index < -0.39 is 0 Å². The molecule has 0 bridgehead atoms. The molecule has 0 spiro atoms. The molecule has 0 unspecified atom stereocenters. The number of benzene rings is 1. The lowest BCUT2D eigenvalue weighted by Gasteiger charge is -2.08. The van der Waals surface area contributed by atoms with Crippen molar-refractivity contribution >= 4 is 40.6 Å². The van der Waals surface area contributed by atoms with Crippen molar-refractivity contribution in [2.24, 2.45) is 0 Å². The van der Waals surface area contributed by atoms with Crippen molar-refractivity contribution in [2.75, 3.05) is 13.1 Å². The molecule has 1 aromatic carbocycles. The van der Waals surface area contributed by atoms with E-state index in [1.165, 1.54) is 4.90 Å². The Morgan fingerprint density at radius 3 is 2.56 bits per heavy atom. The third-order valence-electron chi connectivity index (χ3n) is 2.42. The first-order valence-electron chi connectivity index (χ1n) is 5.42. The normalized spacial score (nSPS) is 17.9. The van der Waals surface area contributed by atoms with Gasteiger partial charge in [-0.2, -0.15) is 0 Å². The first-order valence-corrected chi connectivity index (χ1v) is 6.61. The van der Waals surface area contributed by atoms with Gasteiger partial charge in [-0.15, -0.1) is 0 Å². The Hall–Kier alpha value is -1.30. The van der Waals surface area contributed by atoms with E-state index in [1.807, 2.05) is 0 Å². The molecule has 0 atom stereocenters. The van der Waals surface area contributed by atoms with Crippen molar-refractivity contribution in [1.29, 1.82) is 0 Å². The van der Waals surface area contributed by atoms with Gasteiger partial charge in [-0.1, -0.05) is 23.7 Å². The number of rotatable bonds is 3. The molecule has 1 aliphatic rings. The zero-order chi connectivity index (χ0) is 13.1. The lowest BCUT2D eigenvalue weighted by atomic mass is 10.2. The Morgan fingerprint density at radius 1 is 1.28 bits per heavy atom. The predicted octanol–water partition coefficient (Wildman–Crippen LogP) is 1.62. The van der Waals surface area contributed by atoms with Crippen LogP contribution in [-0.2, 0) is 4.79 Å². The van der Waals surface area contributed by atoms with Crippen LogP contribution in [0.1, 0.15) is 5.56 Å². The molecule has 0 aromatic heterocycles. The summed E-state index contributed by atoms with van der Waals surface area (Å²) in [6.07, 6.45) is 1.70. The SMILES string of the molecule is [NH3+]CCN1C(=O)S/C(=C\c2ccc(Cl)cc2)C1=O. The van der Waals surface area contributed by atoms with Crippen LogP contribution in [0.5, 0.6) is 0 Å². The average Bonchev–Trinajstić information content (AvgIpc) is 2.60. The average molecular weight is 284 g/mol. The smallest absolute Gasteiger partial charge is 0.293 e. The molecule has 2 amide bonds.